The van der Waals surface area contributed by atoms with Gasteiger partial charge in [-0.3, -0.25) is 0 Å². The van der Waals surface area contributed by atoms with E-state index in [4.69, 9.17) is 5.26 Å². The molecular formula is C13H13N5S. The zero-order valence-corrected chi connectivity index (χ0v) is 11.3. The predicted molar refractivity (Wildman–Crippen MR) is 72.7 cm³/mol. The minimum Gasteiger partial charge on any atom is -0.358 e. The van der Waals surface area contributed by atoms with Gasteiger partial charge in [-0.15, -0.1) is 11.3 Å². The van der Waals surface area contributed by atoms with Gasteiger partial charge in [0.05, 0.1) is 6.04 Å². The van der Waals surface area contributed by atoms with E-state index in [1.807, 2.05) is 12.3 Å². The number of hydrogen-bond acceptors (Lipinski definition) is 6. The lowest BCUT2D eigenvalue weighted by molar-refractivity contribution is 0.668. The van der Waals surface area contributed by atoms with Crippen molar-refractivity contribution in [3.05, 3.63) is 34.2 Å². The Morgan fingerprint density at radius 2 is 2.21 bits per heavy atom. The molecule has 5 nitrogen and oxygen atoms in total. The molecule has 2 heterocycles. The standard InChI is InChI=1S/C13H13N5S/c1-8-7-19-13(17-8)11(9-2-3-9)18-12-10(6-14)15-4-5-16-12/h4-5,7,9,11H,2-3H2,1H3,(H,16,18)/t11-/m0/s1. The van der Waals surface area contributed by atoms with Gasteiger partial charge in [0, 0.05) is 23.5 Å². The van der Waals surface area contributed by atoms with Gasteiger partial charge in [0.25, 0.3) is 0 Å². The maximum absolute atomic E-state index is 9.05. The summed E-state index contributed by atoms with van der Waals surface area (Å²) in [5.41, 5.74) is 1.37. The van der Waals surface area contributed by atoms with E-state index in [0.717, 1.165) is 10.7 Å². The van der Waals surface area contributed by atoms with Gasteiger partial charge in [0.1, 0.15) is 11.1 Å². The van der Waals surface area contributed by atoms with Crippen LogP contribution in [0.15, 0.2) is 17.8 Å². The van der Waals surface area contributed by atoms with Crippen molar-refractivity contribution >= 4 is 17.2 Å². The van der Waals surface area contributed by atoms with Gasteiger partial charge in [-0.2, -0.15) is 5.26 Å². The number of hydrogen-bond donors (Lipinski definition) is 1. The van der Waals surface area contributed by atoms with Crippen molar-refractivity contribution in [2.24, 2.45) is 5.92 Å². The number of aromatic nitrogens is 3. The first-order valence-corrected chi connectivity index (χ1v) is 7.05. The van der Waals surface area contributed by atoms with E-state index in [1.54, 1.807) is 17.5 Å². The van der Waals surface area contributed by atoms with Gasteiger partial charge in [0.15, 0.2) is 11.5 Å². The van der Waals surface area contributed by atoms with E-state index >= 15 is 0 Å². The second kappa shape index (κ2) is 4.94. The molecule has 0 bridgehead atoms. The van der Waals surface area contributed by atoms with Crippen LogP contribution in [0.4, 0.5) is 5.82 Å². The zero-order chi connectivity index (χ0) is 13.2. The molecule has 2 aromatic heterocycles. The summed E-state index contributed by atoms with van der Waals surface area (Å²) in [4.78, 5) is 12.8. The monoisotopic (exact) mass is 271 g/mol. The molecule has 1 fully saturated rings. The summed E-state index contributed by atoms with van der Waals surface area (Å²) in [6.45, 7) is 1.99. The molecule has 0 aromatic carbocycles. The van der Waals surface area contributed by atoms with E-state index in [0.29, 0.717) is 17.4 Å². The first-order valence-electron chi connectivity index (χ1n) is 6.17. The fraction of sp³-hybridized carbons (Fsp3) is 0.385. The van der Waals surface area contributed by atoms with Crippen LogP contribution in [-0.2, 0) is 0 Å². The normalized spacial score (nSPS) is 15.8. The number of anilines is 1. The number of nitrogens with one attached hydrogen (secondary N) is 1. The molecule has 1 aliphatic rings. The van der Waals surface area contributed by atoms with Gasteiger partial charge in [-0.05, 0) is 25.7 Å². The van der Waals surface area contributed by atoms with Crippen LogP contribution in [0, 0.1) is 24.2 Å². The molecule has 19 heavy (non-hydrogen) atoms. The highest BCUT2D eigenvalue weighted by molar-refractivity contribution is 7.09. The Labute approximate surface area is 115 Å². The molecule has 0 aliphatic heterocycles. The number of aryl methyl sites for hydroxylation is 1. The van der Waals surface area contributed by atoms with Gasteiger partial charge >= 0.3 is 0 Å². The quantitative estimate of drug-likeness (QED) is 0.925. The number of thiazole rings is 1. The molecule has 96 valence electrons. The first-order chi connectivity index (χ1) is 9.28. The highest BCUT2D eigenvalue weighted by Crippen LogP contribution is 2.43. The maximum atomic E-state index is 9.05. The smallest absolute Gasteiger partial charge is 0.182 e. The Morgan fingerprint density at radius 3 is 2.84 bits per heavy atom. The number of nitriles is 1. The first kappa shape index (κ1) is 12.1. The summed E-state index contributed by atoms with van der Waals surface area (Å²) in [5.74, 6) is 1.13. The number of nitrogens with zero attached hydrogens (tertiary/aromatic N) is 4. The molecule has 3 rings (SSSR count). The topological polar surface area (TPSA) is 74.5 Å². The average Bonchev–Trinajstić information content (AvgIpc) is 3.18. The summed E-state index contributed by atoms with van der Waals surface area (Å²) < 4.78 is 0. The number of rotatable bonds is 4. The molecule has 0 spiro atoms. The molecule has 0 saturated heterocycles. The zero-order valence-electron chi connectivity index (χ0n) is 10.5. The fourth-order valence-corrected chi connectivity index (χ4v) is 2.94. The lowest BCUT2D eigenvalue weighted by Crippen LogP contribution is -2.15. The van der Waals surface area contributed by atoms with E-state index in [9.17, 15) is 0 Å². The van der Waals surface area contributed by atoms with Crippen LogP contribution in [0.2, 0.25) is 0 Å². The summed E-state index contributed by atoms with van der Waals surface area (Å²) >= 11 is 1.65. The highest BCUT2D eigenvalue weighted by atomic mass is 32.1. The van der Waals surface area contributed by atoms with Crippen molar-refractivity contribution in [1.29, 1.82) is 5.26 Å². The SMILES string of the molecule is Cc1csc([C@@H](Nc2nccnc2C#N)C2CC2)n1. The van der Waals surface area contributed by atoms with Crippen LogP contribution < -0.4 is 5.32 Å². The molecule has 0 unspecified atom stereocenters. The Hall–Kier alpha value is -2.00. The lowest BCUT2D eigenvalue weighted by atomic mass is 10.2. The summed E-state index contributed by atoms with van der Waals surface area (Å²) in [7, 11) is 0. The second-order valence-corrected chi connectivity index (χ2v) is 5.54. The van der Waals surface area contributed by atoms with Gasteiger partial charge in [-0.1, -0.05) is 0 Å². The lowest BCUT2D eigenvalue weighted by Gasteiger charge is -2.16. The minimum atomic E-state index is 0.141. The molecule has 1 aliphatic carbocycles. The van der Waals surface area contributed by atoms with Crippen molar-refractivity contribution in [3.63, 3.8) is 0 Å². The largest absolute Gasteiger partial charge is 0.358 e. The van der Waals surface area contributed by atoms with Crippen molar-refractivity contribution in [2.75, 3.05) is 5.32 Å². The second-order valence-electron chi connectivity index (χ2n) is 4.65. The molecule has 2 aromatic rings. The third-order valence-electron chi connectivity index (χ3n) is 3.09. The third kappa shape index (κ3) is 2.56. The van der Waals surface area contributed by atoms with E-state index in [-0.39, 0.29) is 6.04 Å². The Morgan fingerprint density at radius 1 is 1.42 bits per heavy atom. The minimum absolute atomic E-state index is 0.141. The van der Waals surface area contributed by atoms with Crippen LogP contribution in [0.25, 0.3) is 0 Å². The van der Waals surface area contributed by atoms with E-state index < -0.39 is 0 Å². The van der Waals surface area contributed by atoms with Crippen molar-refractivity contribution in [1.82, 2.24) is 15.0 Å². The van der Waals surface area contributed by atoms with E-state index in [1.165, 1.54) is 19.0 Å². The fourth-order valence-electron chi connectivity index (χ4n) is 2.00. The van der Waals surface area contributed by atoms with Crippen LogP contribution in [0.1, 0.15) is 35.3 Å². The Bertz CT molecular complexity index is 626. The van der Waals surface area contributed by atoms with Gasteiger partial charge in [-0.25, -0.2) is 15.0 Å². The van der Waals surface area contributed by atoms with Gasteiger partial charge < -0.3 is 5.32 Å². The van der Waals surface area contributed by atoms with Crippen molar-refractivity contribution < 1.29 is 0 Å². The van der Waals surface area contributed by atoms with Crippen LogP contribution in [0.3, 0.4) is 0 Å². The summed E-state index contributed by atoms with van der Waals surface area (Å²) in [5, 5.41) is 15.5. The highest BCUT2D eigenvalue weighted by Gasteiger charge is 2.34. The van der Waals surface area contributed by atoms with Crippen LogP contribution in [-0.4, -0.2) is 15.0 Å². The Balaban J connectivity index is 1.88. The summed E-state index contributed by atoms with van der Waals surface area (Å²) in [6, 6.07) is 2.21. The molecule has 0 amide bonds. The van der Waals surface area contributed by atoms with Crippen LogP contribution >= 0.6 is 11.3 Å². The van der Waals surface area contributed by atoms with Crippen molar-refractivity contribution in [3.8, 4) is 6.07 Å². The molecule has 0 radical (unpaired) electrons. The Kier molecular flexibility index (Phi) is 3.13. The average molecular weight is 271 g/mol. The molecular weight excluding hydrogens is 258 g/mol. The van der Waals surface area contributed by atoms with Crippen LogP contribution in [0.5, 0.6) is 0 Å². The molecule has 6 heteroatoms. The van der Waals surface area contributed by atoms with Gasteiger partial charge in [0.2, 0.25) is 0 Å². The van der Waals surface area contributed by atoms with E-state index in [2.05, 4.69) is 26.3 Å². The summed E-state index contributed by atoms with van der Waals surface area (Å²) in [6.07, 6.45) is 5.51. The third-order valence-corrected chi connectivity index (χ3v) is 4.14. The molecule has 1 atom stereocenters. The van der Waals surface area contributed by atoms with Crippen molar-refractivity contribution in [2.45, 2.75) is 25.8 Å². The maximum Gasteiger partial charge on any atom is 0.182 e. The predicted octanol–water partition coefficient (Wildman–Crippen LogP) is 2.68. The molecule has 1 saturated carbocycles. The molecule has 1 N–H and O–H groups in total.